The van der Waals surface area contributed by atoms with Gasteiger partial charge in [-0.05, 0) is 18.4 Å². The number of allylic oxidation sites excluding steroid dienone is 1. The lowest BCUT2D eigenvalue weighted by molar-refractivity contribution is -0.117. The van der Waals surface area contributed by atoms with Crippen LogP contribution in [0.25, 0.3) is 0 Å². The molecule has 0 fully saturated rings. The fourth-order valence-electron chi connectivity index (χ4n) is 1.73. The third-order valence-corrected chi connectivity index (χ3v) is 4.65. The number of imide groups is 1. The van der Waals surface area contributed by atoms with Gasteiger partial charge in [0.05, 0.1) is 12.3 Å². The van der Waals surface area contributed by atoms with Crippen molar-refractivity contribution in [2.45, 2.75) is 25.2 Å². The first-order chi connectivity index (χ1) is 11.1. The van der Waals surface area contributed by atoms with Gasteiger partial charge in [0.1, 0.15) is 5.82 Å². The maximum absolute atomic E-state index is 11.8. The van der Waals surface area contributed by atoms with Crippen LogP contribution in [0.4, 0.5) is 4.79 Å². The molecule has 0 aliphatic rings. The standard InChI is InChI=1S/C14H17N5O2S2/c1-3-6-19-10(2)17-18-14(19)23-9-12(20)16-13(21)15-8-11-5-4-7-22-11/h3-5,7H,1,6,8-9H2,2H3,(H2,15,16,20,21). The van der Waals surface area contributed by atoms with Crippen LogP contribution in [0.1, 0.15) is 10.7 Å². The van der Waals surface area contributed by atoms with E-state index in [0.29, 0.717) is 18.2 Å². The summed E-state index contributed by atoms with van der Waals surface area (Å²) < 4.78 is 1.85. The van der Waals surface area contributed by atoms with Crippen LogP contribution in [-0.4, -0.2) is 32.5 Å². The first kappa shape index (κ1) is 17.2. The topological polar surface area (TPSA) is 88.9 Å². The van der Waals surface area contributed by atoms with Gasteiger partial charge in [-0.2, -0.15) is 0 Å². The zero-order valence-electron chi connectivity index (χ0n) is 12.6. The Morgan fingerprint density at radius 1 is 1.48 bits per heavy atom. The molecular formula is C14H17N5O2S2. The third-order valence-electron chi connectivity index (χ3n) is 2.80. The van der Waals surface area contributed by atoms with E-state index in [4.69, 9.17) is 0 Å². The SMILES string of the molecule is C=CCn1c(C)nnc1SCC(=O)NC(=O)NCc1cccs1. The molecule has 122 valence electrons. The highest BCUT2D eigenvalue weighted by molar-refractivity contribution is 7.99. The Bertz CT molecular complexity index is 681. The number of rotatable bonds is 7. The predicted octanol–water partition coefficient (Wildman–Crippen LogP) is 1.95. The molecule has 0 saturated carbocycles. The first-order valence-electron chi connectivity index (χ1n) is 6.83. The minimum Gasteiger partial charge on any atom is -0.333 e. The van der Waals surface area contributed by atoms with E-state index in [1.165, 1.54) is 11.8 Å². The van der Waals surface area contributed by atoms with Crippen LogP contribution in [0.2, 0.25) is 0 Å². The third kappa shape index (κ3) is 5.22. The summed E-state index contributed by atoms with van der Waals surface area (Å²) in [5.74, 6) is 0.452. The van der Waals surface area contributed by atoms with Crippen LogP contribution in [0.3, 0.4) is 0 Å². The van der Waals surface area contributed by atoms with Gasteiger partial charge in [0.15, 0.2) is 5.16 Å². The summed E-state index contributed by atoms with van der Waals surface area (Å²) in [5, 5.41) is 15.4. The van der Waals surface area contributed by atoms with Gasteiger partial charge in [0.2, 0.25) is 5.91 Å². The number of hydrogen-bond donors (Lipinski definition) is 2. The van der Waals surface area contributed by atoms with E-state index in [1.807, 2.05) is 29.0 Å². The van der Waals surface area contributed by atoms with Gasteiger partial charge in [-0.25, -0.2) is 4.79 Å². The number of thiophene rings is 1. The number of aryl methyl sites for hydroxylation is 1. The highest BCUT2D eigenvalue weighted by Gasteiger charge is 2.12. The van der Waals surface area contributed by atoms with Crippen LogP contribution in [0.5, 0.6) is 0 Å². The molecule has 0 aliphatic carbocycles. The van der Waals surface area contributed by atoms with Gasteiger partial charge in [0.25, 0.3) is 0 Å². The Kier molecular flexibility index (Phi) is 6.36. The van der Waals surface area contributed by atoms with Gasteiger partial charge < -0.3 is 9.88 Å². The number of aromatic nitrogens is 3. The number of amides is 3. The molecule has 9 heteroatoms. The number of hydrogen-bond acceptors (Lipinski definition) is 6. The minimum absolute atomic E-state index is 0.0850. The van der Waals surface area contributed by atoms with Crippen molar-refractivity contribution in [1.29, 1.82) is 0 Å². The molecule has 0 bridgehead atoms. The van der Waals surface area contributed by atoms with Crippen molar-refractivity contribution >= 4 is 35.0 Å². The number of carbonyl (C=O) groups excluding carboxylic acids is 2. The summed E-state index contributed by atoms with van der Waals surface area (Å²) in [6, 6.07) is 3.31. The number of urea groups is 1. The molecule has 0 aliphatic heterocycles. The lowest BCUT2D eigenvalue weighted by atomic mass is 10.5. The quantitative estimate of drug-likeness (QED) is 0.588. The van der Waals surface area contributed by atoms with E-state index in [1.54, 1.807) is 17.4 Å². The summed E-state index contributed by atoms with van der Waals surface area (Å²) in [7, 11) is 0. The monoisotopic (exact) mass is 351 g/mol. The van der Waals surface area contributed by atoms with E-state index in [0.717, 1.165) is 10.7 Å². The van der Waals surface area contributed by atoms with Crippen LogP contribution in [0, 0.1) is 6.92 Å². The highest BCUT2D eigenvalue weighted by Crippen LogP contribution is 2.16. The number of carbonyl (C=O) groups is 2. The van der Waals surface area contributed by atoms with E-state index in [2.05, 4.69) is 27.4 Å². The summed E-state index contributed by atoms with van der Waals surface area (Å²) in [4.78, 5) is 24.5. The molecule has 7 nitrogen and oxygen atoms in total. The summed E-state index contributed by atoms with van der Waals surface area (Å²) in [6.07, 6.45) is 1.73. The largest absolute Gasteiger partial charge is 0.333 e. The molecule has 0 atom stereocenters. The highest BCUT2D eigenvalue weighted by atomic mass is 32.2. The molecule has 2 rings (SSSR count). The van der Waals surface area contributed by atoms with E-state index in [9.17, 15) is 9.59 Å². The molecule has 23 heavy (non-hydrogen) atoms. The number of thioether (sulfide) groups is 1. The van der Waals surface area contributed by atoms with Crippen LogP contribution in [-0.2, 0) is 17.9 Å². The van der Waals surface area contributed by atoms with Crippen LogP contribution in [0.15, 0.2) is 35.3 Å². The minimum atomic E-state index is -0.507. The summed E-state index contributed by atoms with van der Waals surface area (Å²) >= 11 is 2.77. The van der Waals surface area contributed by atoms with E-state index < -0.39 is 6.03 Å². The van der Waals surface area contributed by atoms with Gasteiger partial charge >= 0.3 is 6.03 Å². The van der Waals surface area contributed by atoms with E-state index >= 15 is 0 Å². The Morgan fingerprint density at radius 2 is 2.30 bits per heavy atom. The number of nitrogens with one attached hydrogen (secondary N) is 2. The smallest absolute Gasteiger partial charge is 0.321 e. The lowest BCUT2D eigenvalue weighted by Crippen LogP contribution is -2.39. The van der Waals surface area contributed by atoms with Crippen molar-refractivity contribution < 1.29 is 9.59 Å². The molecular weight excluding hydrogens is 334 g/mol. The Morgan fingerprint density at radius 3 is 3.00 bits per heavy atom. The second-order valence-electron chi connectivity index (χ2n) is 4.53. The molecule has 0 saturated heterocycles. The van der Waals surface area contributed by atoms with E-state index in [-0.39, 0.29) is 11.7 Å². The molecule has 2 N–H and O–H groups in total. The number of nitrogens with zero attached hydrogens (tertiary/aromatic N) is 3. The normalized spacial score (nSPS) is 10.3. The van der Waals surface area contributed by atoms with Crippen LogP contribution >= 0.6 is 23.1 Å². The second-order valence-corrected chi connectivity index (χ2v) is 6.50. The van der Waals surface area contributed by atoms with Crippen molar-refractivity contribution in [3.63, 3.8) is 0 Å². The van der Waals surface area contributed by atoms with Gasteiger partial charge in [-0.15, -0.1) is 28.1 Å². The van der Waals surface area contributed by atoms with Gasteiger partial charge in [-0.3, -0.25) is 10.1 Å². The molecule has 0 aromatic carbocycles. The summed E-state index contributed by atoms with van der Waals surface area (Å²) in [6.45, 7) is 6.48. The zero-order chi connectivity index (χ0) is 16.7. The average molecular weight is 351 g/mol. The fourth-order valence-corrected chi connectivity index (χ4v) is 3.16. The maximum atomic E-state index is 11.8. The fraction of sp³-hybridized carbons (Fsp3) is 0.286. The molecule has 2 aromatic heterocycles. The summed E-state index contributed by atoms with van der Waals surface area (Å²) in [5.41, 5.74) is 0. The van der Waals surface area contributed by atoms with Crippen molar-refractivity contribution in [2.75, 3.05) is 5.75 Å². The Balaban J connectivity index is 1.76. The zero-order valence-corrected chi connectivity index (χ0v) is 14.2. The van der Waals surface area contributed by atoms with Gasteiger partial charge in [0, 0.05) is 11.4 Å². The van der Waals surface area contributed by atoms with Gasteiger partial charge in [-0.1, -0.05) is 23.9 Å². The first-order valence-corrected chi connectivity index (χ1v) is 8.70. The lowest BCUT2D eigenvalue weighted by Gasteiger charge is -2.06. The van der Waals surface area contributed by atoms with Crippen molar-refractivity contribution in [3.8, 4) is 0 Å². The average Bonchev–Trinajstić information content (AvgIpc) is 3.15. The molecule has 3 amide bonds. The molecule has 0 radical (unpaired) electrons. The van der Waals surface area contributed by atoms with Crippen LogP contribution < -0.4 is 10.6 Å². The molecule has 2 heterocycles. The van der Waals surface area contributed by atoms with Crippen molar-refractivity contribution in [2.24, 2.45) is 0 Å². The second kappa shape index (κ2) is 8.49. The molecule has 0 unspecified atom stereocenters. The molecule has 0 spiro atoms. The molecule has 2 aromatic rings. The Hall–Kier alpha value is -2.13. The Labute approximate surface area is 142 Å². The maximum Gasteiger partial charge on any atom is 0.321 e. The van der Waals surface area contributed by atoms with Crippen molar-refractivity contribution in [3.05, 3.63) is 40.9 Å². The predicted molar refractivity (Wildman–Crippen MR) is 90.4 cm³/mol. The van der Waals surface area contributed by atoms with Crippen molar-refractivity contribution in [1.82, 2.24) is 25.4 Å².